The lowest BCUT2D eigenvalue weighted by Gasteiger charge is -2.20. The van der Waals surface area contributed by atoms with Crippen LogP contribution in [0.2, 0.25) is 0 Å². The summed E-state index contributed by atoms with van der Waals surface area (Å²) in [5.41, 5.74) is 0.0549. The van der Waals surface area contributed by atoms with Crippen LogP contribution in [-0.4, -0.2) is 129 Å². The third kappa shape index (κ3) is 16.8. The molecule has 34 heteroatoms. The van der Waals surface area contributed by atoms with E-state index >= 15 is 26.3 Å². The molecule has 6 aromatic heterocycles. The Kier molecular flexibility index (Phi) is 22.0. The number of hydrogen-bond acceptors (Lipinski definition) is 23. The highest BCUT2D eigenvalue weighted by Gasteiger charge is 2.53. The Morgan fingerprint density at radius 3 is 1.26 bits per heavy atom. The average molecular weight is 1710 g/mol. The molecule has 3 saturated heterocycles. The monoisotopic (exact) mass is 1710 g/mol. The number of halogens is 9. The number of carbonyl (C=O) groups is 3. The number of alkyl halides is 9. The molecular formula is C86H78F9N9O13S3. The van der Waals surface area contributed by atoms with E-state index in [0.29, 0.717) is 145 Å². The van der Waals surface area contributed by atoms with Gasteiger partial charge in [0.05, 0.1) is 103 Å². The number of aromatic carboxylic acids is 2. The average Bonchev–Trinajstić information content (AvgIpc) is 1.57. The van der Waals surface area contributed by atoms with Crippen molar-refractivity contribution in [3.05, 3.63) is 188 Å². The highest BCUT2D eigenvalue weighted by atomic mass is 32.1. The summed E-state index contributed by atoms with van der Waals surface area (Å²) in [4.78, 5) is 57.0. The van der Waals surface area contributed by atoms with Crippen LogP contribution >= 0.6 is 34.0 Å². The number of esters is 1. The fraction of sp³-hybridized carbons (Fsp3) is 0.407. The third-order valence-electron chi connectivity index (χ3n) is 23.5. The van der Waals surface area contributed by atoms with Gasteiger partial charge in [0.15, 0.2) is 15.4 Å². The number of carboxylic acid groups (broad SMARTS) is 2. The minimum Gasteiger partial charge on any atom is -0.478 e. The lowest BCUT2D eigenvalue weighted by Crippen LogP contribution is -2.24. The summed E-state index contributed by atoms with van der Waals surface area (Å²) in [6, 6.07) is 28.4. The molecule has 12 aromatic rings. The van der Waals surface area contributed by atoms with Gasteiger partial charge >= 0.3 is 36.6 Å². The van der Waals surface area contributed by atoms with Crippen molar-refractivity contribution in [2.45, 2.75) is 177 Å². The standard InChI is InChI=1S/C86H78F9N9O13S3/c1-2-110-80(109)47-23-26-65-69(38-47)120-83(98-65)104-32-9-12-50(29-35-104)113-43-62-74(101-117-77(62)59-40-57(59)51-14-5-16-54(70(51)84(87,88)89)73-60(75(115-100-73)44-19-20-44)41-111-48-10-7-30-102(33-27-48)81-96-63-24-21-45(78(105)106)36-67(63)118-81)55-17-6-15-52(71(55)85(90,91)92)56-39-58(56)76-61(72(99-116-76)53-13-3-4-18-66(53)114-86(93,94)95)42-112-49-11-8-31-103(34-28-49)82-97-64-25-22-46(79(107)108)37-68(64)119-82/h3-6,13-18,21-26,36-38,44,48-50,56-59H,2,7-12,19-20,27-35,39-43H2,1H3,(H,105,106)(H,107,108). The maximum atomic E-state index is 16.7. The van der Waals surface area contributed by atoms with Crippen LogP contribution in [0, 0.1) is 0 Å². The number of nitrogens with zero attached hydrogens (tertiary/aromatic N) is 9. The van der Waals surface area contributed by atoms with Crippen molar-refractivity contribution in [3.63, 3.8) is 0 Å². The van der Waals surface area contributed by atoms with E-state index in [1.54, 1.807) is 49.4 Å². The molecule has 0 spiro atoms. The zero-order chi connectivity index (χ0) is 83.0. The Bertz CT molecular complexity index is 5870. The molecule has 626 valence electrons. The Hall–Kier alpha value is -10.5. The molecule has 120 heavy (non-hydrogen) atoms. The van der Waals surface area contributed by atoms with Gasteiger partial charge in [0.1, 0.15) is 40.1 Å². The van der Waals surface area contributed by atoms with E-state index in [4.69, 9.17) is 47.5 Å². The summed E-state index contributed by atoms with van der Waals surface area (Å²) in [5, 5.41) is 34.5. The first-order chi connectivity index (χ1) is 57.8. The summed E-state index contributed by atoms with van der Waals surface area (Å²) in [7, 11) is 0. The topological polar surface area (TPSA) is 264 Å². The number of rotatable bonds is 25. The zero-order valence-electron chi connectivity index (χ0n) is 64.4. The van der Waals surface area contributed by atoms with E-state index in [0.717, 1.165) is 33.4 Å². The molecule has 0 radical (unpaired) electrons. The van der Waals surface area contributed by atoms with Crippen molar-refractivity contribution >= 4 is 98.0 Å². The van der Waals surface area contributed by atoms with Crippen LogP contribution in [0.4, 0.5) is 54.9 Å². The number of carboxylic acids is 2. The SMILES string of the molecule is CCOC(=O)c1ccc2nc(N3CCCC(OCc4c(-c5cccc(C6CC6c6onc(-c7ccccc7OC(F)(F)F)c6COC6CCCN(c7nc8ccc(C(=O)O)cc8s7)CC6)c5C(F)(F)F)noc4C4CC4c4cccc(-c5noc(C6CC6)c5COC5CCCN(c6nc7ccc(C(=O)O)cc7s6)CC5)c4C(F)(F)F)CC3)sc2c1. The van der Waals surface area contributed by atoms with E-state index in [-0.39, 0.29) is 130 Å². The highest BCUT2D eigenvalue weighted by molar-refractivity contribution is 7.23. The van der Waals surface area contributed by atoms with Crippen LogP contribution < -0.4 is 19.4 Å². The van der Waals surface area contributed by atoms with E-state index in [1.165, 1.54) is 101 Å². The van der Waals surface area contributed by atoms with Crippen LogP contribution in [0.15, 0.2) is 129 Å². The maximum Gasteiger partial charge on any atom is 0.573 e. The van der Waals surface area contributed by atoms with Crippen molar-refractivity contribution < 1.29 is 101 Å². The molecule has 0 amide bonds. The first-order valence-electron chi connectivity index (χ1n) is 40.0. The molecule has 3 aliphatic heterocycles. The Balaban J connectivity index is 0.646. The second-order valence-electron chi connectivity index (χ2n) is 31.3. The predicted octanol–water partition coefficient (Wildman–Crippen LogP) is 21.1. The maximum absolute atomic E-state index is 16.7. The van der Waals surface area contributed by atoms with Crippen molar-refractivity contribution in [1.82, 2.24) is 30.4 Å². The van der Waals surface area contributed by atoms with Gasteiger partial charge in [-0.2, -0.15) is 26.3 Å². The minimum atomic E-state index is -5.13. The van der Waals surface area contributed by atoms with Gasteiger partial charge in [0.2, 0.25) is 0 Å². The molecule has 22 nitrogen and oxygen atoms in total. The molecule has 6 aromatic carbocycles. The molecule has 0 bridgehead atoms. The molecule has 2 N–H and O–H groups in total. The minimum absolute atomic E-state index is 0.0171. The number of benzene rings is 6. The van der Waals surface area contributed by atoms with E-state index in [9.17, 15) is 37.8 Å². The summed E-state index contributed by atoms with van der Waals surface area (Å²) in [5.74, 6) is -6.16. The molecule has 7 atom stereocenters. The number of aromatic nitrogens is 6. The number of anilines is 3. The first-order valence-corrected chi connectivity index (χ1v) is 42.5. The fourth-order valence-electron chi connectivity index (χ4n) is 17.2. The Labute approximate surface area is 691 Å². The summed E-state index contributed by atoms with van der Waals surface area (Å²) in [6.07, 6.45) is -9.73. The van der Waals surface area contributed by atoms with Gasteiger partial charge in [0, 0.05) is 90.4 Å². The second kappa shape index (κ2) is 32.8. The molecule has 6 aliphatic rings. The Morgan fingerprint density at radius 2 is 0.850 bits per heavy atom. The van der Waals surface area contributed by atoms with Crippen molar-refractivity contribution in [1.29, 1.82) is 0 Å². The van der Waals surface area contributed by atoms with E-state index in [2.05, 4.69) is 34.9 Å². The number of carbonyl (C=O) groups excluding carboxylic acids is 1. The lowest BCUT2D eigenvalue weighted by atomic mass is 9.91. The summed E-state index contributed by atoms with van der Waals surface area (Å²) in [6.45, 7) is 4.47. The van der Waals surface area contributed by atoms with Crippen molar-refractivity contribution in [2.24, 2.45) is 0 Å². The van der Waals surface area contributed by atoms with Crippen molar-refractivity contribution in [2.75, 3.05) is 60.6 Å². The van der Waals surface area contributed by atoms with Crippen LogP contribution in [0.25, 0.3) is 64.4 Å². The van der Waals surface area contributed by atoms with Gasteiger partial charge in [0.25, 0.3) is 0 Å². The largest absolute Gasteiger partial charge is 0.573 e. The lowest BCUT2D eigenvalue weighted by molar-refractivity contribution is -0.274. The molecule has 3 saturated carbocycles. The van der Waals surface area contributed by atoms with Crippen LogP contribution in [-0.2, 0) is 51.1 Å². The molecule has 18 rings (SSSR count). The first kappa shape index (κ1) is 80.5. The summed E-state index contributed by atoms with van der Waals surface area (Å²) >= 11 is 4.16. The molecule has 7 unspecified atom stereocenters. The van der Waals surface area contributed by atoms with Crippen molar-refractivity contribution in [3.8, 4) is 39.5 Å². The van der Waals surface area contributed by atoms with Crippen LogP contribution in [0.5, 0.6) is 5.75 Å². The van der Waals surface area contributed by atoms with Gasteiger partial charge in [-0.3, -0.25) is 0 Å². The number of thiazole rings is 3. The third-order valence-corrected chi connectivity index (χ3v) is 26.7. The highest BCUT2D eigenvalue weighted by Crippen LogP contribution is 2.63. The van der Waals surface area contributed by atoms with Gasteiger partial charge in [-0.05, 0) is 180 Å². The molecule has 3 aliphatic carbocycles. The van der Waals surface area contributed by atoms with Gasteiger partial charge in [-0.1, -0.05) is 98.0 Å². The number of ether oxygens (including phenoxy) is 5. The smallest absolute Gasteiger partial charge is 0.478 e. The van der Waals surface area contributed by atoms with E-state index < -0.39 is 89.4 Å². The number of hydrogen-bond donors (Lipinski definition) is 2. The molecule has 6 fully saturated rings. The predicted molar refractivity (Wildman–Crippen MR) is 427 cm³/mol. The second-order valence-corrected chi connectivity index (χ2v) is 34.3. The van der Waals surface area contributed by atoms with Gasteiger partial charge in [-0.15, -0.1) is 13.2 Å². The van der Waals surface area contributed by atoms with Crippen LogP contribution in [0.3, 0.4) is 0 Å². The number of fused-ring (bicyclic) bond motifs is 3. The Morgan fingerprint density at radius 1 is 0.458 bits per heavy atom. The molecular weight excluding hydrogens is 1630 g/mol. The van der Waals surface area contributed by atoms with Gasteiger partial charge < -0.3 is 62.2 Å². The fourth-order valence-corrected chi connectivity index (χ4v) is 20.4. The van der Waals surface area contributed by atoms with Crippen LogP contribution in [0.1, 0.15) is 207 Å². The normalized spacial score (nSPS) is 20.7. The van der Waals surface area contributed by atoms with Gasteiger partial charge in [-0.25, -0.2) is 29.3 Å². The molecule has 9 heterocycles. The summed E-state index contributed by atoms with van der Waals surface area (Å²) < 4.78 is 192. The number of para-hydroxylation sites is 1. The zero-order valence-corrected chi connectivity index (χ0v) is 66.8. The van der Waals surface area contributed by atoms with E-state index in [1.807, 2.05) is 0 Å². The quantitative estimate of drug-likeness (QED) is 0.0398.